The van der Waals surface area contributed by atoms with Crippen LogP contribution in [0.3, 0.4) is 0 Å². The van der Waals surface area contributed by atoms with E-state index in [-0.39, 0.29) is 5.91 Å². The fourth-order valence-electron chi connectivity index (χ4n) is 3.17. The minimum Gasteiger partial charge on any atom is -0.481 e. The largest absolute Gasteiger partial charge is 0.481 e. The van der Waals surface area contributed by atoms with Gasteiger partial charge in [0.25, 0.3) is 5.91 Å². The molecule has 9 heteroatoms. The van der Waals surface area contributed by atoms with E-state index in [0.29, 0.717) is 37.1 Å². The van der Waals surface area contributed by atoms with Gasteiger partial charge in [-0.3, -0.25) is 9.69 Å². The number of carbonyl (C=O) groups is 1. The minimum absolute atomic E-state index is 0.00495. The van der Waals surface area contributed by atoms with Crippen LogP contribution in [0.15, 0.2) is 50.8 Å². The Hall–Kier alpha value is -2.23. The van der Waals surface area contributed by atoms with Gasteiger partial charge >= 0.3 is 0 Å². The maximum absolute atomic E-state index is 12.7. The molecule has 1 aliphatic rings. The van der Waals surface area contributed by atoms with Crippen LogP contribution in [0, 0.1) is 0 Å². The summed E-state index contributed by atoms with van der Waals surface area (Å²) in [7, 11) is 0. The van der Waals surface area contributed by atoms with Crippen molar-refractivity contribution in [2.24, 2.45) is 0 Å². The van der Waals surface area contributed by atoms with Gasteiger partial charge in [0.2, 0.25) is 11.7 Å². The molecule has 1 amide bonds. The molecule has 7 nitrogen and oxygen atoms in total. The molecule has 0 spiro atoms. The van der Waals surface area contributed by atoms with Crippen molar-refractivity contribution in [1.82, 2.24) is 19.9 Å². The standard InChI is InChI=1S/C20H21BrN4O3S/c1-14(27-16-6-4-15(21)5-7-16)20(26)25-10-8-24(9-11-25)13-18-22-19(23-28-18)17-3-2-12-29-17/h2-7,12,14H,8-11,13H2,1H3. The molecule has 0 bridgehead atoms. The van der Waals surface area contributed by atoms with E-state index in [0.717, 1.165) is 22.4 Å². The monoisotopic (exact) mass is 476 g/mol. The summed E-state index contributed by atoms with van der Waals surface area (Å²) >= 11 is 4.98. The van der Waals surface area contributed by atoms with E-state index in [4.69, 9.17) is 9.26 Å². The van der Waals surface area contributed by atoms with Crippen LogP contribution in [-0.2, 0) is 11.3 Å². The van der Waals surface area contributed by atoms with Gasteiger partial charge in [-0.05, 0) is 42.6 Å². The Morgan fingerprint density at radius 2 is 2.00 bits per heavy atom. The first-order valence-corrected chi connectivity index (χ1v) is 11.1. The van der Waals surface area contributed by atoms with Crippen LogP contribution in [0.25, 0.3) is 10.7 Å². The molecule has 4 rings (SSSR count). The number of nitrogens with zero attached hydrogens (tertiary/aromatic N) is 4. The van der Waals surface area contributed by atoms with Crippen LogP contribution in [0.4, 0.5) is 0 Å². The number of piperazine rings is 1. The molecule has 152 valence electrons. The lowest BCUT2D eigenvalue weighted by Gasteiger charge is -2.35. The van der Waals surface area contributed by atoms with Crippen molar-refractivity contribution in [2.75, 3.05) is 26.2 Å². The number of amides is 1. The number of carbonyl (C=O) groups excluding carboxylic acids is 1. The zero-order chi connectivity index (χ0) is 20.2. The summed E-state index contributed by atoms with van der Waals surface area (Å²) in [5.74, 6) is 1.92. The van der Waals surface area contributed by atoms with Crippen molar-refractivity contribution in [3.05, 3.63) is 52.1 Å². The third-order valence-corrected chi connectivity index (χ3v) is 6.12. The Kier molecular flexibility index (Phi) is 6.27. The van der Waals surface area contributed by atoms with E-state index < -0.39 is 6.10 Å². The smallest absolute Gasteiger partial charge is 0.263 e. The van der Waals surface area contributed by atoms with Crippen molar-refractivity contribution >= 4 is 33.2 Å². The highest BCUT2D eigenvalue weighted by Crippen LogP contribution is 2.22. The molecule has 0 aliphatic carbocycles. The van der Waals surface area contributed by atoms with Crippen molar-refractivity contribution in [3.63, 3.8) is 0 Å². The summed E-state index contributed by atoms with van der Waals surface area (Å²) in [5, 5.41) is 6.04. The van der Waals surface area contributed by atoms with Gasteiger partial charge in [-0.15, -0.1) is 11.3 Å². The van der Waals surface area contributed by atoms with Crippen molar-refractivity contribution in [1.29, 1.82) is 0 Å². The fraction of sp³-hybridized carbons (Fsp3) is 0.350. The van der Waals surface area contributed by atoms with E-state index >= 15 is 0 Å². The molecule has 1 saturated heterocycles. The third kappa shape index (κ3) is 5.04. The first-order chi connectivity index (χ1) is 14.1. The Morgan fingerprint density at radius 3 is 2.69 bits per heavy atom. The van der Waals surface area contributed by atoms with Crippen LogP contribution in [0.5, 0.6) is 5.75 Å². The van der Waals surface area contributed by atoms with Crippen molar-refractivity contribution < 1.29 is 14.1 Å². The summed E-state index contributed by atoms with van der Waals surface area (Å²) in [6.07, 6.45) is -0.521. The van der Waals surface area contributed by atoms with Crippen LogP contribution in [-0.4, -0.2) is 58.1 Å². The Labute approximate surface area is 181 Å². The topological polar surface area (TPSA) is 71.7 Å². The lowest BCUT2D eigenvalue weighted by atomic mass is 10.2. The Balaban J connectivity index is 1.26. The molecule has 1 aromatic carbocycles. The number of benzene rings is 1. The molecule has 3 heterocycles. The molecule has 1 atom stereocenters. The highest BCUT2D eigenvalue weighted by atomic mass is 79.9. The van der Waals surface area contributed by atoms with E-state index in [1.165, 1.54) is 0 Å². The van der Waals surface area contributed by atoms with E-state index in [1.54, 1.807) is 18.3 Å². The summed E-state index contributed by atoms with van der Waals surface area (Å²) in [6, 6.07) is 11.4. The molecule has 1 aliphatic heterocycles. The van der Waals surface area contributed by atoms with Crippen molar-refractivity contribution in [2.45, 2.75) is 19.6 Å². The molecule has 1 unspecified atom stereocenters. The number of rotatable bonds is 6. The quantitative estimate of drug-likeness (QED) is 0.540. The average Bonchev–Trinajstić information content (AvgIpc) is 3.41. The lowest BCUT2D eigenvalue weighted by Crippen LogP contribution is -2.51. The Morgan fingerprint density at radius 1 is 1.24 bits per heavy atom. The van der Waals surface area contributed by atoms with E-state index in [9.17, 15) is 4.79 Å². The first kappa shape index (κ1) is 20.1. The van der Waals surface area contributed by atoms with Gasteiger partial charge in [0, 0.05) is 30.7 Å². The van der Waals surface area contributed by atoms with Gasteiger partial charge < -0.3 is 14.2 Å². The number of thiophene rings is 1. The van der Waals surface area contributed by atoms with Gasteiger partial charge in [0.15, 0.2) is 6.10 Å². The van der Waals surface area contributed by atoms with Gasteiger partial charge in [0.05, 0.1) is 11.4 Å². The summed E-state index contributed by atoms with van der Waals surface area (Å²) in [6.45, 7) is 5.20. The Bertz CT molecular complexity index is 937. The van der Waals surface area contributed by atoms with Gasteiger partial charge in [-0.25, -0.2) is 0 Å². The molecule has 2 aromatic heterocycles. The number of hydrogen-bond donors (Lipinski definition) is 0. The van der Waals surface area contributed by atoms with Crippen LogP contribution in [0.2, 0.25) is 0 Å². The second kappa shape index (κ2) is 9.06. The number of ether oxygens (including phenoxy) is 1. The van der Waals surface area contributed by atoms with Gasteiger partial charge in [-0.2, -0.15) is 4.98 Å². The minimum atomic E-state index is -0.521. The number of aromatic nitrogens is 2. The number of hydrogen-bond acceptors (Lipinski definition) is 7. The van der Waals surface area contributed by atoms with Gasteiger partial charge in [-0.1, -0.05) is 27.2 Å². The molecule has 3 aromatic rings. The predicted octanol–water partition coefficient (Wildman–Crippen LogP) is 3.67. The van der Waals surface area contributed by atoms with E-state index in [2.05, 4.69) is 31.0 Å². The molecule has 0 radical (unpaired) electrons. The molecule has 0 saturated carbocycles. The van der Waals surface area contributed by atoms with Crippen molar-refractivity contribution in [3.8, 4) is 16.5 Å². The van der Waals surface area contributed by atoms with Gasteiger partial charge in [0.1, 0.15) is 5.75 Å². The predicted molar refractivity (Wildman–Crippen MR) is 114 cm³/mol. The highest BCUT2D eigenvalue weighted by Gasteiger charge is 2.27. The molecule has 1 fully saturated rings. The summed E-state index contributed by atoms with van der Waals surface area (Å²) in [5.41, 5.74) is 0. The molecule has 29 heavy (non-hydrogen) atoms. The molecular weight excluding hydrogens is 456 g/mol. The van der Waals surface area contributed by atoms with E-state index in [1.807, 2.05) is 46.7 Å². The third-order valence-electron chi connectivity index (χ3n) is 4.73. The summed E-state index contributed by atoms with van der Waals surface area (Å²) in [4.78, 5) is 22.2. The normalized spacial score (nSPS) is 16.0. The average molecular weight is 477 g/mol. The maximum atomic E-state index is 12.7. The number of halogens is 1. The summed E-state index contributed by atoms with van der Waals surface area (Å²) < 4.78 is 12.1. The second-order valence-corrected chi connectivity index (χ2v) is 8.67. The van der Waals surface area contributed by atoms with Crippen LogP contribution >= 0.6 is 27.3 Å². The first-order valence-electron chi connectivity index (χ1n) is 9.38. The molecule has 0 N–H and O–H groups in total. The fourth-order valence-corrected chi connectivity index (χ4v) is 4.08. The zero-order valence-electron chi connectivity index (χ0n) is 16.0. The zero-order valence-corrected chi connectivity index (χ0v) is 18.4. The lowest BCUT2D eigenvalue weighted by molar-refractivity contribution is -0.139. The second-order valence-electron chi connectivity index (χ2n) is 6.80. The van der Waals surface area contributed by atoms with Crippen LogP contribution in [0.1, 0.15) is 12.8 Å². The SMILES string of the molecule is CC(Oc1ccc(Br)cc1)C(=O)N1CCN(Cc2nc(-c3cccs3)no2)CC1. The maximum Gasteiger partial charge on any atom is 0.263 e. The highest BCUT2D eigenvalue weighted by molar-refractivity contribution is 9.10. The molecular formula is C20H21BrN4O3S. The van der Waals surface area contributed by atoms with Crippen LogP contribution < -0.4 is 4.74 Å².